The molecule has 0 aliphatic heterocycles. The molecule has 0 saturated heterocycles. The molecule has 0 nitrogen and oxygen atoms in total. The van der Waals surface area contributed by atoms with E-state index in [1.165, 1.54) is 12.8 Å². The van der Waals surface area contributed by atoms with Crippen LogP contribution >= 0.6 is 0 Å². The van der Waals surface area contributed by atoms with Crippen molar-refractivity contribution in [2.24, 2.45) is 0 Å². The molecular weight excluding hydrogens is 132 g/mol. The van der Waals surface area contributed by atoms with Gasteiger partial charge in [-0.25, -0.2) is 0 Å². The zero-order valence-corrected chi connectivity index (χ0v) is 6.87. The van der Waals surface area contributed by atoms with Crippen LogP contribution in [0.2, 0.25) is 0 Å². The smallest absolute Gasteiger partial charge is 0.0133 e. The summed E-state index contributed by atoms with van der Waals surface area (Å²) in [6.07, 6.45) is 20.0. The van der Waals surface area contributed by atoms with E-state index in [-0.39, 0.29) is 0 Å². The Labute approximate surface area is 69.3 Å². The standard InChI is InChI=1S/C11H15/c1-2-4-6-8-10-11-9-7-5-3-1/h1-3,6,8-9,11H,4-5,7,10H2/b3-1-,8-6-,11-9-. The summed E-state index contributed by atoms with van der Waals surface area (Å²) in [5.41, 5.74) is 0. The van der Waals surface area contributed by atoms with Crippen LogP contribution < -0.4 is 0 Å². The fourth-order valence-corrected chi connectivity index (χ4v) is 1.03. The number of hydrogen-bond acceptors (Lipinski definition) is 0. The molecule has 59 valence electrons. The normalized spacial score (nSPS) is 28.4. The first-order valence-electron chi connectivity index (χ1n) is 4.28. The van der Waals surface area contributed by atoms with Gasteiger partial charge in [-0.15, -0.1) is 0 Å². The highest BCUT2D eigenvalue weighted by Crippen LogP contribution is 2.00. The molecule has 0 heteroatoms. The summed E-state index contributed by atoms with van der Waals surface area (Å²) >= 11 is 0. The molecule has 0 fully saturated rings. The van der Waals surface area contributed by atoms with Gasteiger partial charge in [0, 0.05) is 0 Å². The molecule has 11 heavy (non-hydrogen) atoms. The first-order valence-corrected chi connectivity index (χ1v) is 4.28. The van der Waals surface area contributed by atoms with E-state index in [4.69, 9.17) is 0 Å². The lowest BCUT2D eigenvalue weighted by Gasteiger charge is -1.85. The lowest BCUT2D eigenvalue weighted by atomic mass is 10.2. The molecule has 1 rings (SSSR count). The van der Waals surface area contributed by atoms with E-state index in [2.05, 4.69) is 42.9 Å². The Kier molecular flexibility index (Phi) is 4.51. The molecule has 0 N–H and O–H groups in total. The second-order valence-electron chi connectivity index (χ2n) is 2.66. The van der Waals surface area contributed by atoms with Crippen LogP contribution in [0.5, 0.6) is 0 Å². The van der Waals surface area contributed by atoms with Gasteiger partial charge in [-0.2, -0.15) is 0 Å². The molecule has 0 spiro atoms. The average Bonchev–Trinajstić information content (AvgIpc) is 2.08. The van der Waals surface area contributed by atoms with Gasteiger partial charge < -0.3 is 0 Å². The largest absolute Gasteiger partial charge is 0.0879 e. The summed E-state index contributed by atoms with van der Waals surface area (Å²) in [5.74, 6) is 0. The van der Waals surface area contributed by atoms with Crippen LogP contribution in [-0.2, 0) is 0 Å². The van der Waals surface area contributed by atoms with E-state index >= 15 is 0 Å². The van der Waals surface area contributed by atoms with Crippen LogP contribution in [0.25, 0.3) is 0 Å². The molecule has 1 aliphatic rings. The van der Waals surface area contributed by atoms with Crippen LogP contribution in [0.15, 0.2) is 36.5 Å². The molecule has 1 aliphatic carbocycles. The van der Waals surface area contributed by atoms with Crippen molar-refractivity contribution in [1.82, 2.24) is 0 Å². The van der Waals surface area contributed by atoms with Crippen LogP contribution in [-0.4, -0.2) is 0 Å². The molecule has 0 bridgehead atoms. The Balaban J connectivity index is 2.34. The van der Waals surface area contributed by atoms with Gasteiger partial charge in [0.25, 0.3) is 0 Å². The third-order valence-electron chi connectivity index (χ3n) is 1.65. The molecule has 1 radical (unpaired) electrons. The van der Waals surface area contributed by atoms with Gasteiger partial charge in [0.15, 0.2) is 0 Å². The van der Waals surface area contributed by atoms with E-state index in [0.29, 0.717) is 0 Å². The second-order valence-corrected chi connectivity index (χ2v) is 2.66. The van der Waals surface area contributed by atoms with Crippen molar-refractivity contribution >= 4 is 0 Å². The summed E-state index contributed by atoms with van der Waals surface area (Å²) in [4.78, 5) is 0. The highest BCUT2D eigenvalue weighted by molar-refractivity contribution is 5.03. The topological polar surface area (TPSA) is 0 Å². The first-order chi connectivity index (χ1) is 5.50. The highest BCUT2D eigenvalue weighted by atomic mass is 13.9. The molecule has 0 saturated carbocycles. The third kappa shape index (κ3) is 4.60. The number of rotatable bonds is 0. The Morgan fingerprint density at radius 2 is 1.36 bits per heavy atom. The minimum absolute atomic E-state index is 1.07. The maximum atomic E-state index is 2.25. The van der Waals surface area contributed by atoms with Gasteiger partial charge in [0.05, 0.1) is 0 Å². The van der Waals surface area contributed by atoms with Gasteiger partial charge in [-0.1, -0.05) is 36.5 Å². The third-order valence-corrected chi connectivity index (χ3v) is 1.65. The average molecular weight is 147 g/mol. The van der Waals surface area contributed by atoms with Crippen molar-refractivity contribution in [2.75, 3.05) is 0 Å². The van der Waals surface area contributed by atoms with E-state index in [1.54, 1.807) is 0 Å². The monoisotopic (exact) mass is 147 g/mol. The Hall–Kier alpha value is -0.780. The Morgan fingerprint density at radius 3 is 2.36 bits per heavy atom. The van der Waals surface area contributed by atoms with Gasteiger partial charge in [-0.3, -0.25) is 0 Å². The molecule has 0 amide bonds. The lowest BCUT2D eigenvalue weighted by molar-refractivity contribution is 1.04. The lowest BCUT2D eigenvalue weighted by Crippen LogP contribution is -1.66. The van der Waals surface area contributed by atoms with Crippen LogP contribution in [0.1, 0.15) is 25.7 Å². The van der Waals surface area contributed by atoms with Crippen molar-refractivity contribution in [3.05, 3.63) is 42.9 Å². The van der Waals surface area contributed by atoms with E-state index in [0.717, 1.165) is 12.8 Å². The Morgan fingerprint density at radius 1 is 0.636 bits per heavy atom. The Bertz CT molecular complexity index is 143. The van der Waals surface area contributed by atoms with Crippen molar-refractivity contribution in [3.8, 4) is 0 Å². The predicted molar refractivity (Wildman–Crippen MR) is 50.2 cm³/mol. The minimum atomic E-state index is 1.07. The summed E-state index contributed by atoms with van der Waals surface area (Å²) in [6.45, 7) is 0. The maximum Gasteiger partial charge on any atom is -0.0133 e. The quantitative estimate of drug-likeness (QED) is 0.460. The van der Waals surface area contributed by atoms with Crippen molar-refractivity contribution < 1.29 is 0 Å². The number of allylic oxidation sites excluding steroid dienone is 6. The molecular formula is C11H15. The van der Waals surface area contributed by atoms with Gasteiger partial charge >= 0.3 is 0 Å². The molecule has 0 unspecified atom stereocenters. The maximum absolute atomic E-state index is 2.25. The van der Waals surface area contributed by atoms with Gasteiger partial charge in [0.1, 0.15) is 0 Å². The first kappa shape index (κ1) is 8.32. The molecule has 0 aromatic heterocycles. The SMILES string of the molecule is [CH]1/C=C\CC/C=C\C/C=C\C1. The van der Waals surface area contributed by atoms with Crippen LogP contribution in [0, 0.1) is 6.42 Å². The summed E-state index contributed by atoms with van der Waals surface area (Å²) in [5, 5.41) is 0. The van der Waals surface area contributed by atoms with E-state index < -0.39 is 0 Å². The van der Waals surface area contributed by atoms with Crippen molar-refractivity contribution in [3.63, 3.8) is 0 Å². The second kappa shape index (κ2) is 5.96. The van der Waals surface area contributed by atoms with Crippen LogP contribution in [0.4, 0.5) is 0 Å². The minimum Gasteiger partial charge on any atom is -0.0879 e. The fraction of sp³-hybridized carbons (Fsp3) is 0.364. The molecule has 0 aromatic rings. The fourth-order valence-electron chi connectivity index (χ4n) is 1.03. The summed E-state index contributed by atoms with van der Waals surface area (Å²) in [7, 11) is 0. The highest BCUT2D eigenvalue weighted by Gasteiger charge is 1.81. The van der Waals surface area contributed by atoms with Gasteiger partial charge in [-0.05, 0) is 32.1 Å². The van der Waals surface area contributed by atoms with Crippen LogP contribution in [0.3, 0.4) is 0 Å². The van der Waals surface area contributed by atoms with Crippen molar-refractivity contribution in [2.45, 2.75) is 25.7 Å². The predicted octanol–water partition coefficient (Wildman–Crippen LogP) is 3.43. The van der Waals surface area contributed by atoms with E-state index in [1.807, 2.05) is 0 Å². The zero-order chi connectivity index (χ0) is 7.78. The summed E-state index contributed by atoms with van der Waals surface area (Å²) in [6, 6.07) is 0. The molecule has 0 heterocycles. The van der Waals surface area contributed by atoms with E-state index in [9.17, 15) is 0 Å². The van der Waals surface area contributed by atoms with Gasteiger partial charge in [0.2, 0.25) is 0 Å². The van der Waals surface area contributed by atoms with Crippen molar-refractivity contribution in [1.29, 1.82) is 0 Å². The summed E-state index contributed by atoms with van der Waals surface area (Å²) < 4.78 is 0. The number of hydrogen-bond donors (Lipinski definition) is 0. The molecule has 0 aromatic carbocycles. The zero-order valence-electron chi connectivity index (χ0n) is 6.87. The molecule has 0 atom stereocenters.